The summed E-state index contributed by atoms with van der Waals surface area (Å²) in [5.41, 5.74) is 1.05. The van der Waals surface area contributed by atoms with Gasteiger partial charge in [-0.15, -0.1) is 0 Å². The summed E-state index contributed by atoms with van der Waals surface area (Å²) in [4.78, 5) is 8.16. The van der Waals surface area contributed by atoms with Crippen LogP contribution in [0.2, 0.25) is 0 Å². The fourth-order valence-electron chi connectivity index (χ4n) is 1.53. The zero-order valence-corrected chi connectivity index (χ0v) is 10.4. The maximum absolute atomic E-state index is 5.66. The van der Waals surface area contributed by atoms with Crippen LogP contribution in [0.3, 0.4) is 0 Å². The second-order valence-electron chi connectivity index (χ2n) is 3.62. The van der Waals surface area contributed by atoms with Crippen molar-refractivity contribution in [3.05, 3.63) is 42.1 Å². The number of hydrogen-bond acceptors (Lipinski definition) is 5. The Bertz CT molecular complexity index is 517. The third-order valence-corrected chi connectivity index (χ3v) is 2.36. The van der Waals surface area contributed by atoms with Crippen molar-refractivity contribution in [2.75, 3.05) is 14.2 Å². The SMILES string of the molecule is CNCc1ccccc1Oc1nccc(OC)n1. The van der Waals surface area contributed by atoms with Crippen LogP contribution in [0, 0.1) is 0 Å². The van der Waals surface area contributed by atoms with Crippen LogP contribution >= 0.6 is 0 Å². The Morgan fingerprint density at radius 1 is 1.22 bits per heavy atom. The molecule has 0 amide bonds. The third-order valence-electron chi connectivity index (χ3n) is 2.36. The Balaban J connectivity index is 2.22. The van der Waals surface area contributed by atoms with Crippen molar-refractivity contribution in [3.63, 3.8) is 0 Å². The predicted molar refractivity (Wildman–Crippen MR) is 67.9 cm³/mol. The number of nitrogens with zero attached hydrogens (tertiary/aromatic N) is 2. The Kier molecular flexibility index (Phi) is 4.09. The van der Waals surface area contributed by atoms with E-state index in [1.807, 2.05) is 31.3 Å². The molecule has 0 aliphatic heterocycles. The van der Waals surface area contributed by atoms with Gasteiger partial charge in [-0.05, 0) is 13.1 Å². The van der Waals surface area contributed by atoms with Crippen molar-refractivity contribution in [3.8, 4) is 17.6 Å². The first kappa shape index (κ1) is 12.3. The first-order valence-corrected chi connectivity index (χ1v) is 5.61. The van der Waals surface area contributed by atoms with Gasteiger partial charge in [-0.3, -0.25) is 0 Å². The third kappa shape index (κ3) is 2.95. The van der Waals surface area contributed by atoms with Crippen LogP contribution in [-0.2, 0) is 6.54 Å². The van der Waals surface area contributed by atoms with Gasteiger partial charge in [0.2, 0.25) is 5.88 Å². The number of benzene rings is 1. The number of methoxy groups -OCH3 is 1. The molecule has 0 bridgehead atoms. The van der Waals surface area contributed by atoms with Gasteiger partial charge < -0.3 is 14.8 Å². The van der Waals surface area contributed by atoms with E-state index in [1.165, 1.54) is 0 Å². The highest BCUT2D eigenvalue weighted by atomic mass is 16.5. The highest BCUT2D eigenvalue weighted by Crippen LogP contribution is 2.23. The van der Waals surface area contributed by atoms with Crippen molar-refractivity contribution in [2.45, 2.75) is 6.54 Å². The van der Waals surface area contributed by atoms with Gasteiger partial charge in [0.15, 0.2) is 0 Å². The van der Waals surface area contributed by atoms with E-state index >= 15 is 0 Å². The van der Waals surface area contributed by atoms with E-state index in [0.717, 1.165) is 17.9 Å². The van der Waals surface area contributed by atoms with Gasteiger partial charge in [0.1, 0.15) is 5.75 Å². The average Bonchev–Trinajstić information content (AvgIpc) is 2.41. The number of aromatic nitrogens is 2. The molecule has 0 fully saturated rings. The summed E-state index contributed by atoms with van der Waals surface area (Å²) in [6.45, 7) is 0.722. The summed E-state index contributed by atoms with van der Waals surface area (Å²) < 4.78 is 10.7. The largest absolute Gasteiger partial charge is 0.481 e. The molecule has 5 heteroatoms. The van der Waals surface area contributed by atoms with Crippen molar-refractivity contribution >= 4 is 0 Å². The molecule has 0 spiro atoms. The minimum absolute atomic E-state index is 0.276. The Hall–Kier alpha value is -2.14. The Morgan fingerprint density at radius 3 is 2.83 bits per heavy atom. The molecule has 0 unspecified atom stereocenters. The van der Waals surface area contributed by atoms with E-state index in [0.29, 0.717) is 5.88 Å². The van der Waals surface area contributed by atoms with Crippen LogP contribution in [0.5, 0.6) is 17.6 Å². The first-order valence-electron chi connectivity index (χ1n) is 5.61. The molecule has 1 aromatic carbocycles. The molecule has 5 nitrogen and oxygen atoms in total. The molecule has 2 aromatic rings. The maximum Gasteiger partial charge on any atom is 0.325 e. The second-order valence-corrected chi connectivity index (χ2v) is 3.62. The Labute approximate surface area is 106 Å². The molecule has 0 aliphatic carbocycles. The van der Waals surface area contributed by atoms with Crippen molar-refractivity contribution < 1.29 is 9.47 Å². The minimum Gasteiger partial charge on any atom is -0.481 e. The van der Waals surface area contributed by atoms with Gasteiger partial charge >= 0.3 is 6.01 Å². The topological polar surface area (TPSA) is 56.3 Å². The zero-order valence-electron chi connectivity index (χ0n) is 10.4. The van der Waals surface area contributed by atoms with Crippen LogP contribution in [-0.4, -0.2) is 24.1 Å². The molecule has 0 saturated carbocycles. The van der Waals surface area contributed by atoms with Crippen LogP contribution in [0.4, 0.5) is 0 Å². The van der Waals surface area contributed by atoms with E-state index in [2.05, 4.69) is 15.3 Å². The van der Waals surface area contributed by atoms with E-state index < -0.39 is 0 Å². The minimum atomic E-state index is 0.276. The van der Waals surface area contributed by atoms with E-state index in [1.54, 1.807) is 19.4 Å². The second kappa shape index (κ2) is 5.97. The first-order chi connectivity index (χ1) is 8.83. The maximum atomic E-state index is 5.66. The molecular formula is C13H15N3O2. The predicted octanol–water partition coefficient (Wildman–Crippen LogP) is 2.00. The lowest BCUT2D eigenvalue weighted by Gasteiger charge is -2.09. The molecule has 0 saturated heterocycles. The molecule has 0 aliphatic rings. The quantitative estimate of drug-likeness (QED) is 0.873. The number of hydrogen-bond donors (Lipinski definition) is 1. The highest BCUT2D eigenvalue weighted by Gasteiger charge is 2.06. The summed E-state index contributed by atoms with van der Waals surface area (Å²) in [7, 11) is 3.44. The summed E-state index contributed by atoms with van der Waals surface area (Å²) in [5.74, 6) is 1.21. The number of para-hydroxylation sites is 1. The molecule has 1 heterocycles. The van der Waals surface area contributed by atoms with Crippen molar-refractivity contribution in [2.24, 2.45) is 0 Å². The summed E-state index contributed by atoms with van der Waals surface area (Å²) in [6.07, 6.45) is 1.60. The monoisotopic (exact) mass is 245 g/mol. The van der Waals surface area contributed by atoms with E-state index in [9.17, 15) is 0 Å². The van der Waals surface area contributed by atoms with Gasteiger partial charge in [-0.1, -0.05) is 18.2 Å². The molecule has 2 rings (SSSR count). The van der Waals surface area contributed by atoms with E-state index in [-0.39, 0.29) is 6.01 Å². The molecule has 0 radical (unpaired) electrons. The Morgan fingerprint density at radius 2 is 2.06 bits per heavy atom. The number of ether oxygens (including phenoxy) is 2. The van der Waals surface area contributed by atoms with Crippen LogP contribution in [0.25, 0.3) is 0 Å². The molecule has 18 heavy (non-hydrogen) atoms. The van der Waals surface area contributed by atoms with Gasteiger partial charge in [0.25, 0.3) is 0 Å². The van der Waals surface area contributed by atoms with Gasteiger partial charge in [-0.25, -0.2) is 4.98 Å². The van der Waals surface area contributed by atoms with Crippen molar-refractivity contribution in [1.82, 2.24) is 15.3 Å². The summed E-state index contributed by atoms with van der Waals surface area (Å²) in [5, 5.41) is 3.09. The average molecular weight is 245 g/mol. The normalized spacial score (nSPS) is 10.1. The lowest BCUT2D eigenvalue weighted by molar-refractivity contribution is 0.375. The fourth-order valence-corrected chi connectivity index (χ4v) is 1.53. The smallest absolute Gasteiger partial charge is 0.325 e. The van der Waals surface area contributed by atoms with Crippen LogP contribution < -0.4 is 14.8 Å². The standard InChI is InChI=1S/C13H15N3O2/c1-14-9-10-5-3-4-6-11(10)18-13-15-8-7-12(16-13)17-2/h3-8,14H,9H2,1-2H3. The zero-order chi connectivity index (χ0) is 12.8. The molecule has 1 aromatic heterocycles. The highest BCUT2D eigenvalue weighted by molar-refractivity contribution is 5.35. The van der Waals surface area contributed by atoms with Crippen molar-refractivity contribution in [1.29, 1.82) is 0 Å². The van der Waals surface area contributed by atoms with E-state index in [4.69, 9.17) is 9.47 Å². The number of nitrogens with one attached hydrogen (secondary N) is 1. The molecular weight excluding hydrogens is 230 g/mol. The fraction of sp³-hybridized carbons (Fsp3) is 0.231. The molecule has 0 atom stereocenters. The molecule has 94 valence electrons. The van der Waals surface area contributed by atoms with Crippen LogP contribution in [0.1, 0.15) is 5.56 Å². The van der Waals surface area contributed by atoms with Gasteiger partial charge in [-0.2, -0.15) is 4.98 Å². The number of rotatable bonds is 5. The van der Waals surface area contributed by atoms with Crippen LogP contribution in [0.15, 0.2) is 36.5 Å². The molecule has 1 N–H and O–H groups in total. The van der Waals surface area contributed by atoms with Gasteiger partial charge in [0, 0.05) is 24.4 Å². The lowest BCUT2D eigenvalue weighted by atomic mass is 10.2. The summed E-state index contributed by atoms with van der Waals surface area (Å²) >= 11 is 0. The summed E-state index contributed by atoms with van der Waals surface area (Å²) in [6, 6.07) is 9.70. The lowest BCUT2D eigenvalue weighted by Crippen LogP contribution is -2.06. The van der Waals surface area contributed by atoms with Gasteiger partial charge in [0.05, 0.1) is 7.11 Å².